The quantitative estimate of drug-likeness (QED) is 0.515. The van der Waals surface area contributed by atoms with Crippen molar-refractivity contribution >= 4 is 17.2 Å². The summed E-state index contributed by atoms with van der Waals surface area (Å²) < 4.78 is 24.7. The Morgan fingerprint density at radius 1 is 1.22 bits per heavy atom. The van der Waals surface area contributed by atoms with Crippen molar-refractivity contribution < 1.29 is 9.13 Å². The Morgan fingerprint density at radius 2 is 2.09 bits per heavy atom. The first-order valence-electron chi connectivity index (χ1n) is 10.9. The number of hydrogen-bond donors (Lipinski definition) is 1. The van der Waals surface area contributed by atoms with E-state index in [1.54, 1.807) is 30.9 Å². The van der Waals surface area contributed by atoms with E-state index in [9.17, 15) is 0 Å². The first-order valence-corrected chi connectivity index (χ1v) is 10.9. The van der Waals surface area contributed by atoms with E-state index in [-0.39, 0.29) is 6.04 Å². The Kier molecular flexibility index (Phi) is 4.32. The molecule has 1 aliphatic carbocycles. The van der Waals surface area contributed by atoms with Gasteiger partial charge in [-0.2, -0.15) is 4.98 Å². The molecular formula is C22H25FN8O. The second-order valence-corrected chi connectivity index (χ2v) is 8.91. The summed E-state index contributed by atoms with van der Waals surface area (Å²) in [4.78, 5) is 15.4. The highest BCUT2D eigenvalue weighted by Crippen LogP contribution is 2.36. The Hall–Kier alpha value is -3.27. The summed E-state index contributed by atoms with van der Waals surface area (Å²) in [5.41, 5.74) is 1.15. The maximum absolute atomic E-state index is 15.5. The van der Waals surface area contributed by atoms with Crippen molar-refractivity contribution in [2.24, 2.45) is 0 Å². The zero-order valence-electron chi connectivity index (χ0n) is 18.1. The number of piperidine rings is 1. The monoisotopic (exact) mass is 436 g/mol. The van der Waals surface area contributed by atoms with Gasteiger partial charge in [-0.15, -0.1) is 5.10 Å². The van der Waals surface area contributed by atoms with Crippen LogP contribution in [0.2, 0.25) is 0 Å². The van der Waals surface area contributed by atoms with Crippen molar-refractivity contribution in [3.05, 3.63) is 37.1 Å². The Morgan fingerprint density at radius 3 is 2.88 bits per heavy atom. The summed E-state index contributed by atoms with van der Waals surface area (Å²) in [7, 11) is 1.58. The number of imidazole rings is 1. The predicted molar refractivity (Wildman–Crippen MR) is 118 cm³/mol. The molecular weight excluding hydrogens is 411 g/mol. The van der Waals surface area contributed by atoms with E-state index in [1.807, 2.05) is 29.1 Å². The minimum atomic E-state index is -1.36. The highest BCUT2D eigenvalue weighted by molar-refractivity contribution is 5.84. The maximum Gasteiger partial charge on any atom is 0.244 e. The summed E-state index contributed by atoms with van der Waals surface area (Å²) in [6.45, 7) is 2.99. The van der Waals surface area contributed by atoms with E-state index in [2.05, 4.69) is 30.3 Å². The smallest absolute Gasteiger partial charge is 0.244 e. The average Bonchev–Trinajstić information content (AvgIpc) is 3.37. The van der Waals surface area contributed by atoms with Gasteiger partial charge in [0.2, 0.25) is 17.6 Å². The molecule has 2 atom stereocenters. The summed E-state index contributed by atoms with van der Waals surface area (Å²) in [6.07, 6.45) is 12.2. The standard InChI is InChI=1S/C22H25FN8O/c1-22(23)13-30(15-3-4-15)8-6-17(22)26-20-27-19(32-2)18-16(5-9-31(18)28-20)14-11-25-21-24-7-10-29(21)12-14/h5,7,9-12,15,17H,3-4,6,8,13H2,1-2H3,(H,26,28)/t17-,22?/m1/s1. The van der Waals surface area contributed by atoms with Crippen LogP contribution in [0.5, 0.6) is 5.88 Å². The molecule has 5 heterocycles. The molecule has 0 radical (unpaired) electrons. The number of nitrogens with one attached hydrogen (secondary N) is 1. The molecule has 1 aliphatic heterocycles. The number of hydrogen-bond acceptors (Lipinski definition) is 7. The highest BCUT2D eigenvalue weighted by atomic mass is 19.1. The third-order valence-corrected chi connectivity index (χ3v) is 6.54. The molecule has 1 saturated carbocycles. The SMILES string of the molecule is COc1nc(N[C@@H]2CCN(C3CC3)CC2(C)F)nn2ccc(-c3cnc4nccn4c3)c12. The molecule has 0 spiro atoms. The van der Waals surface area contributed by atoms with Crippen LogP contribution in [-0.2, 0) is 0 Å². The summed E-state index contributed by atoms with van der Waals surface area (Å²) in [5.74, 6) is 1.41. The normalized spacial score (nSPS) is 24.3. The third-order valence-electron chi connectivity index (χ3n) is 6.54. The largest absolute Gasteiger partial charge is 0.479 e. The third kappa shape index (κ3) is 3.26. The predicted octanol–water partition coefficient (Wildman–Crippen LogP) is 2.82. The van der Waals surface area contributed by atoms with Crippen molar-refractivity contribution in [3.63, 3.8) is 0 Å². The molecule has 166 valence electrons. The number of likely N-dealkylation sites (tertiary alicyclic amines) is 1. The van der Waals surface area contributed by atoms with Crippen molar-refractivity contribution in [1.82, 2.24) is 33.9 Å². The molecule has 6 rings (SSSR count). The van der Waals surface area contributed by atoms with Crippen LogP contribution in [0.15, 0.2) is 37.1 Å². The zero-order valence-corrected chi connectivity index (χ0v) is 18.1. The van der Waals surface area contributed by atoms with Gasteiger partial charge in [0.1, 0.15) is 11.2 Å². The van der Waals surface area contributed by atoms with Crippen molar-refractivity contribution in [1.29, 1.82) is 0 Å². The Balaban J connectivity index is 1.32. The van der Waals surface area contributed by atoms with Gasteiger partial charge in [-0.25, -0.2) is 18.9 Å². The molecule has 2 aliphatic rings. The van der Waals surface area contributed by atoms with Crippen LogP contribution < -0.4 is 10.1 Å². The molecule has 1 unspecified atom stereocenters. The number of rotatable bonds is 5. The number of alkyl halides is 1. The fraction of sp³-hybridized carbons (Fsp3) is 0.455. The highest BCUT2D eigenvalue weighted by Gasteiger charge is 2.44. The summed E-state index contributed by atoms with van der Waals surface area (Å²) in [5, 5.41) is 7.84. The minimum absolute atomic E-state index is 0.355. The van der Waals surface area contributed by atoms with E-state index in [0.29, 0.717) is 36.6 Å². The van der Waals surface area contributed by atoms with E-state index in [0.717, 1.165) is 23.2 Å². The number of methoxy groups -OCH3 is 1. The number of ether oxygens (including phenoxy) is 1. The zero-order chi connectivity index (χ0) is 21.9. The lowest BCUT2D eigenvalue weighted by molar-refractivity contribution is 0.0436. The van der Waals surface area contributed by atoms with Gasteiger partial charge in [0.25, 0.3) is 0 Å². The average molecular weight is 436 g/mol. The van der Waals surface area contributed by atoms with Crippen LogP contribution in [-0.4, -0.2) is 71.8 Å². The van der Waals surface area contributed by atoms with E-state index >= 15 is 4.39 Å². The second kappa shape index (κ2) is 7.13. The first kappa shape index (κ1) is 19.4. The molecule has 0 aromatic carbocycles. The first-order chi connectivity index (χ1) is 15.5. The molecule has 9 nitrogen and oxygen atoms in total. The van der Waals surface area contributed by atoms with Crippen molar-refractivity contribution in [3.8, 4) is 17.0 Å². The lowest BCUT2D eigenvalue weighted by Gasteiger charge is -2.41. The Labute approximate surface area is 184 Å². The summed E-state index contributed by atoms with van der Waals surface area (Å²) in [6, 6.07) is 2.15. The van der Waals surface area contributed by atoms with Crippen molar-refractivity contribution in [2.75, 3.05) is 25.5 Å². The van der Waals surface area contributed by atoms with Crippen LogP contribution >= 0.6 is 0 Å². The molecule has 10 heteroatoms. The van der Waals surface area contributed by atoms with Gasteiger partial charge in [-0.3, -0.25) is 9.30 Å². The molecule has 2 fully saturated rings. The molecule has 0 bridgehead atoms. The molecule has 1 N–H and O–H groups in total. The van der Waals surface area contributed by atoms with Crippen LogP contribution in [0.3, 0.4) is 0 Å². The molecule has 0 amide bonds. The fourth-order valence-corrected chi connectivity index (χ4v) is 4.70. The van der Waals surface area contributed by atoms with Crippen LogP contribution in [0.1, 0.15) is 26.2 Å². The second-order valence-electron chi connectivity index (χ2n) is 8.91. The summed E-state index contributed by atoms with van der Waals surface area (Å²) >= 11 is 0. The topological polar surface area (TPSA) is 84.9 Å². The van der Waals surface area contributed by atoms with Gasteiger partial charge in [0, 0.05) is 61.2 Å². The van der Waals surface area contributed by atoms with E-state index in [4.69, 9.17) is 4.74 Å². The lowest BCUT2D eigenvalue weighted by atomic mass is 9.90. The van der Waals surface area contributed by atoms with E-state index in [1.165, 1.54) is 12.8 Å². The fourth-order valence-electron chi connectivity index (χ4n) is 4.70. The molecule has 32 heavy (non-hydrogen) atoms. The number of aromatic nitrogens is 6. The van der Waals surface area contributed by atoms with Crippen LogP contribution in [0.4, 0.5) is 10.3 Å². The Bertz CT molecular complexity index is 1290. The number of nitrogens with zero attached hydrogens (tertiary/aromatic N) is 7. The van der Waals surface area contributed by atoms with Crippen molar-refractivity contribution in [2.45, 2.75) is 43.9 Å². The van der Waals surface area contributed by atoms with Gasteiger partial charge >= 0.3 is 0 Å². The minimum Gasteiger partial charge on any atom is -0.479 e. The number of fused-ring (bicyclic) bond motifs is 2. The van der Waals surface area contributed by atoms with Crippen LogP contribution in [0, 0.1) is 0 Å². The molecule has 4 aromatic rings. The molecule has 1 saturated heterocycles. The van der Waals surface area contributed by atoms with Crippen LogP contribution in [0.25, 0.3) is 22.4 Å². The lowest BCUT2D eigenvalue weighted by Crippen LogP contribution is -2.56. The number of anilines is 1. The van der Waals surface area contributed by atoms with Gasteiger partial charge < -0.3 is 10.1 Å². The van der Waals surface area contributed by atoms with Gasteiger partial charge in [-0.1, -0.05) is 0 Å². The van der Waals surface area contributed by atoms with Gasteiger partial charge in [0.05, 0.1) is 13.2 Å². The maximum atomic E-state index is 15.5. The van der Waals surface area contributed by atoms with E-state index < -0.39 is 5.67 Å². The molecule has 4 aromatic heterocycles. The van der Waals surface area contributed by atoms with Gasteiger partial charge in [-0.05, 0) is 32.3 Å². The van der Waals surface area contributed by atoms with Gasteiger partial charge in [0.15, 0.2) is 0 Å². The number of halogens is 1.